The van der Waals surface area contributed by atoms with Crippen LogP contribution < -0.4 is 4.72 Å². The molecule has 0 spiro atoms. The van der Waals surface area contributed by atoms with Crippen LogP contribution in [-0.2, 0) is 10.2 Å². The molecule has 0 saturated heterocycles. The van der Waals surface area contributed by atoms with Gasteiger partial charge in [-0.25, -0.2) is 0 Å². The summed E-state index contributed by atoms with van der Waals surface area (Å²) in [5, 5.41) is 10.1. The van der Waals surface area contributed by atoms with Gasteiger partial charge in [-0.05, 0) is 12.8 Å². The molecule has 0 heterocycles. The summed E-state index contributed by atoms with van der Waals surface area (Å²) >= 11 is 0. The molecule has 0 aromatic heterocycles. The van der Waals surface area contributed by atoms with Crippen LogP contribution in [0.5, 0.6) is 0 Å². The van der Waals surface area contributed by atoms with Gasteiger partial charge in [0.25, 0.3) is 10.2 Å². The smallest absolute Gasteiger partial charge is 0.279 e. The van der Waals surface area contributed by atoms with Gasteiger partial charge in [-0.1, -0.05) is 26.2 Å². The Hall–Kier alpha value is -0.170. The second-order valence-electron chi connectivity index (χ2n) is 4.53. The third-order valence-corrected chi connectivity index (χ3v) is 4.81. The van der Waals surface area contributed by atoms with Crippen LogP contribution in [0, 0.1) is 0 Å². The lowest BCUT2D eigenvalue weighted by atomic mass is 9.85. The molecule has 1 rings (SSSR count). The molecule has 0 aliphatic heterocycles. The van der Waals surface area contributed by atoms with Crippen molar-refractivity contribution in [3.05, 3.63) is 0 Å². The quantitative estimate of drug-likeness (QED) is 0.745. The van der Waals surface area contributed by atoms with Gasteiger partial charge in [-0.3, -0.25) is 0 Å². The first-order valence-electron chi connectivity index (χ1n) is 5.83. The molecule has 2 N–H and O–H groups in total. The van der Waals surface area contributed by atoms with Crippen molar-refractivity contribution >= 4 is 10.2 Å². The Morgan fingerprint density at radius 1 is 1.31 bits per heavy atom. The Morgan fingerprint density at radius 3 is 2.38 bits per heavy atom. The van der Waals surface area contributed by atoms with Crippen LogP contribution in [0.2, 0.25) is 0 Å². The van der Waals surface area contributed by atoms with E-state index in [1.165, 1.54) is 11.4 Å². The van der Waals surface area contributed by atoms with E-state index in [-0.39, 0.29) is 6.54 Å². The maximum Gasteiger partial charge on any atom is 0.279 e. The number of aliphatic hydroxyl groups is 1. The monoisotopic (exact) mass is 250 g/mol. The van der Waals surface area contributed by atoms with E-state index in [4.69, 9.17) is 0 Å². The molecule has 6 heteroatoms. The van der Waals surface area contributed by atoms with Gasteiger partial charge in [-0.2, -0.15) is 17.4 Å². The fourth-order valence-corrected chi connectivity index (χ4v) is 2.90. The number of hydrogen-bond donors (Lipinski definition) is 2. The summed E-state index contributed by atoms with van der Waals surface area (Å²) < 4.78 is 27.0. The molecule has 0 radical (unpaired) electrons. The highest BCUT2D eigenvalue weighted by molar-refractivity contribution is 7.87. The first-order valence-corrected chi connectivity index (χ1v) is 7.27. The molecule has 1 aliphatic carbocycles. The van der Waals surface area contributed by atoms with E-state index in [1.807, 2.05) is 0 Å². The highest BCUT2D eigenvalue weighted by Crippen LogP contribution is 2.27. The number of nitrogens with one attached hydrogen (secondary N) is 1. The van der Waals surface area contributed by atoms with Crippen molar-refractivity contribution < 1.29 is 13.5 Å². The Kier molecular flexibility index (Phi) is 4.73. The van der Waals surface area contributed by atoms with Crippen molar-refractivity contribution in [1.29, 1.82) is 0 Å². The molecular formula is C10H22N2O3S. The van der Waals surface area contributed by atoms with E-state index in [9.17, 15) is 13.5 Å². The molecule has 0 amide bonds. The van der Waals surface area contributed by atoms with E-state index in [0.717, 1.165) is 19.3 Å². The Bertz CT molecular complexity index is 310. The van der Waals surface area contributed by atoms with Crippen LogP contribution >= 0.6 is 0 Å². The Morgan fingerprint density at radius 2 is 1.88 bits per heavy atom. The molecule has 0 bridgehead atoms. The largest absolute Gasteiger partial charge is 0.389 e. The highest BCUT2D eigenvalue weighted by Gasteiger charge is 2.31. The maximum absolute atomic E-state index is 11.7. The molecule has 1 saturated carbocycles. The average Bonchev–Trinajstić information content (AvgIpc) is 2.27. The minimum absolute atomic E-state index is 0.125. The zero-order valence-electron chi connectivity index (χ0n) is 10.1. The molecule has 0 atom stereocenters. The normalized spacial score (nSPS) is 21.2. The Labute approximate surface area is 98.0 Å². The van der Waals surface area contributed by atoms with Crippen LogP contribution in [0.25, 0.3) is 0 Å². The van der Waals surface area contributed by atoms with E-state index in [0.29, 0.717) is 19.4 Å². The third kappa shape index (κ3) is 3.69. The van der Waals surface area contributed by atoms with Crippen molar-refractivity contribution in [2.75, 3.05) is 20.1 Å². The molecule has 96 valence electrons. The minimum atomic E-state index is -3.42. The first kappa shape index (κ1) is 13.9. The fraction of sp³-hybridized carbons (Fsp3) is 1.00. The van der Waals surface area contributed by atoms with Crippen molar-refractivity contribution in [3.63, 3.8) is 0 Å². The average molecular weight is 250 g/mol. The van der Waals surface area contributed by atoms with Crippen LogP contribution in [-0.4, -0.2) is 43.6 Å². The molecule has 1 fully saturated rings. The molecular weight excluding hydrogens is 228 g/mol. The third-order valence-electron chi connectivity index (χ3n) is 3.22. The lowest BCUT2D eigenvalue weighted by molar-refractivity contribution is 0.00919. The standard InChI is InChI=1S/C10H22N2O3S/c1-3-12(2)16(14,15)11-9-10(13)7-5-4-6-8-10/h11,13H,3-9H2,1-2H3. The minimum Gasteiger partial charge on any atom is -0.389 e. The summed E-state index contributed by atoms with van der Waals surface area (Å²) in [5.74, 6) is 0. The van der Waals surface area contributed by atoms with Gasteiger partial charge in [0.05, 0.1) is 5.60 Å². The predicted molar refractivity (Wildman–Crippen MR) is 63.3 cm³/mol. The number of rotatable bonds is 5. The predicted octanol–water partition coefficient (Wildman–Crippen LogP) is 0.468. The van der Waals surface area contributed by atoms with Gasteiger partial charge in [0.1, 0.15) is 0 Å². The topological polar surface area (TPSA) is 69.6 Å². The summed E-state index contributed by atoms with van der Waals surface area (Å²) in [5.41, 5.74) is -0.847. The van der Waals surface area contributed by atoms with Crippen LogP contribution in [0.15, 0.2) is 0 Å². The van der Waals surface area contributed by atoms with Crippen molar-refractivity contribution in [1.82, 2.24) is 9.03 Å². The Balaban J connectivity index is 2.50. The summed E-state index contributed by atoms with van der Waals surface area (Å²) in [6.07, 6.45) is 4.45. The van der Waals surface area contributed by atoms with Gasteiger partial charge < -0.3 is 5.11 Å². The zero-order chi connectivity index (χ0) is 12.2. The SMILES string of the molecule is CCN(C)S(=O)(=O)NCC1(O)CCCCC1. The summed E-state index contributed by atoms with van der Waals surface area (Å²) in [7, 11) is -1.90. The summed E-state index contributed by atoms with van der Waals surface area (Å²) in [6.45, 7) is 2.32. The summed E-state index contributed by atoms with van der Waals surface area (Å²) in [6, 6.07) is 0. The van der Waals surface area contributed by atoms with Crippen molar-refractivity contribution in [2.45, 2.75) is 44.6 Å². The molecule has 5 nitrogen and oxygen atoms in total. The number of nitrogens with zero attached hydrogens (tertiary/aromatic N) is 1. The second kappa shape index (κ2) is 5.44. The van der Waals surface area contributed by atoms with E-state index < -0.39 is 15.8 Å². The van der Waals surface area contributed by atoms with Gasteiger partial charge in [0.15, 0.2) is 0 Å². The van der Waals surface area contributed by atoms with E-state index in [2.05, 4.69) is 4.72 Å². The van der Waals surface area contributed by atoms with Crippen LogP contribution in [0.1, 0.15) is 39.0 Å². The molecule has 0 unspecified atom stereocenters. The highest BCUT2D eigenvalue weighted by atomic mass is 32.2. The van der Waals surface area contributed by atoms with E-state index >= 15 is 0 Å². The van der Waals surface area contributed by atoms with E-state index in [1.54, 1.807) is 6.92 Å². The van der Waals surface area contributed by atoms with Crippen molar-refractivity contribution in [3.8, 4) is 0 Å². The van der Waals surface area contributed by atoms with Crippen molar-refractivity contribution in [2.24, 2.45) is 0 Å². The van der Waals surface area contributed by atoms with Gasteiger partial charge in [-0.15, -0.1) is 0 Å². The zero-order valence-corrected chi connectivity index (χ0v) is 10.9. The first-order chi connectivity index (χ1) is 7.40. The molecule has 0 aromatic rings. The van der Waals surface area contributed by atoms with Gasteiger partial charge in [0, 0.05) is 20.1 Å². The lowest BCUT2D eigenvalue weighted by Gasteiger charge is -2.32. The second-order valence-corrected chi connectivity index (χ2v) is 6.39. The molecule has 1 aliphatic rings. The number of hydrogen-bond acceptors (Lipinski definition) is 3. The van der Waals surface area contributed by atoms with Gasteiger partial charge in [0.2, 0.25) is 0 Å². The molecule has 16 heavy (non-hydrogen) atoms. The maximum atomic E-state index is 11.7. The van der Waals surface area contributed by atoms with Crippen LogP contribution in [0.3, 0.4) is 0 Å². The molecule has 0 aromatic carbocycles. The lowest BCUT2D eigenvalue weighted by Crippen LogP contribution is -2.47. The van der Waals surface area contributed by atoms with Crippen LogP contribution in [0.4, 0.5) is 0 Å². The fourth-order valence-electron chi connectivity index (χ4n) is 1.89. The van der Waals surface area contributed by atoms with Gasteiger partial charge >= 0.3 is 0 Å². The summed E-state index contributed by atoms with van der Waals surface area (Å²) in [4.78, 5) is 0.